The molecule has 0 spiro atoms. The fourth-order valence-electron chi connectivity index (χ4n) is 2.62. The summed E-state index contributed by atoms with van der Waals surface area (Å²) in [5.74, 6) is 0. The summed E-state index contributed by atoms with van der Waals surface area (Å²) in [4.78, 5) is 4.76. The number of β-amino-alcohol motifs (C(OH)–C–C–N with tert-alkyl or cyclic N) is 1. The third kappa shape index (κ3) is 4.45. The second-order valence-electron chi connectivity index (χ2n) is 6.19. The van der Waals surface area contributed by atoms with Crippen LogP contribution in [-0.4, -0.2) is 53.2 Å². The summed E-state index contributed by atoms with van der Waals surface area (Å²) in [6.07, 6.45) is 0. The predicted octanol–water partition coefficient (Wildman–Crippen LogP) is 1.92. The highest BCUT2D eigenvalue weighted by atomic mass is 79.9. The molecule has 1 aliphatic heterocycles. The topological polar surface area (TPSA) is 52.7 Å². The van der Waals surface area contributed by atoms with Crippen molar-refractivity contribution in [2.24, 2.45) is 0 Å². The first-order valence-electron chi connectivity index (χ1n) is 7.05. The molecule has 0 amide bonds. The Kier molecular flexibility index (Phi) is 5.07. The van der Waals surface area contributed by atoms with Crippen LogP contribution in [0.15, 0.2) is 22.7 Å². The number of nitrogen functional groups attached to an aromatic ring is 1. The summed E-state index contributed by atoms with van der Waals surface area (Å²) < 4.78 is 1.01. The summed E-state index contributed by atoms with van der Waals surface area (Å²) >= 11 is 3.56. The molecule has 0 bridgehead atoms. The van der Waals surface area contributed by atoms with Crippen molar-refractivity contribution < 1.29 is 5.11 Å². The van der Waals surface area contributed by atoms with E-state index in [1.54, 1.807) is 0 Å². The second kappa shape index (κ2) is 6.43. The zero-order chi connectivity index (χ0) is 14.8. The van der Waals surface area contributed by atoms with E-state index in [1.807, 2.05) is 26.0 Å². The zero-order valence-corrected chi connectivity index (χ0v) is 13.9. The Morgan fingerprint density at radius 1 is 1.20 bits per heavy atom. The Morgan fingerprint density at radius 3 is 2.40 bits per heavy atom. The molecule has 1 aliphatic rings. The largest absolute Gasteiger partial charge is 0.398 e. The number of hydrogen-bond acceptors (Lipinski definition) is 4. The van der Waals surface area contributed by atoms with Crippen LogP contribution in [0.2, 0.25) is 0 Å². The maximum absolute atomic E-state index is 9.86. The average molecular weight is 342 g/mol. The molecular formula is C15H24BrN3O. The van der Waals surface area contributed by atoms with Gasteiger partial charge >= 0.3 is 0 Å². The van der Waals surface area contributed by atoms with Gasteiger partial charge in [-0.2, -0.15) is 0 Å². The van der Waals surface area contributed by atoms with E-state index in [-0.39, 0.29) is 0 Å². The SMILES string of the molecule is CC(C)(O)CN1CCN(Cc2cccc(N)c2Br)CC1. The van der Waals surface area contributed by atoms with Crippen LogP contribution in [0.25, 0.3) is 0 Å². The number of aliphatic hydroxyl groups is 1. The number of nitrogens with two attached hydrogens (primary N) is 1. The number of benzene rings is 1. The molecule has 3 N–H and O–H groups in total. The minimum Gasteiger partial charge on any atom is -0.398 e. The molecule has 0 saturated carbocycles. The average Bonchev–Trinajstić information content (AvgIpc) is 2.35. The number of nitrogens with zero attached hydrogens (tertiary/aromatic N) is 2. The van der Waals surface area contributed by atoms with Crippen LogP contribution in [0.4, 0.5) is 5.69 Å². The van der Waals surface area contributed by atoms with E-state index >= 15 is 0 Å². The third-order valence-electron chi connectivity index (χ3n) is 3.58. The third-order valence-corrected chi connectivity index (χ3v) is 4.55. The van der Waals surface area contributed by atoms with Crippen molar-refractivity contribution in [2.75, 3.05) is 38.5 Å². The van der Waals surface area contributed by atoms with Gasteiger partial charge in [-0.25, -0.2) is 0 Å². The van der Waals surface area contributed by atoms with E-state index in [0.717, 1.165) is 49.4 Å². The van der Waals surface area contributed by atoms with Crippen LogP contribution in [0.3, 0.4) is 0 Å². The van der Waals surface area contributed by atoms with Gasteiger partial charge in [-0.1, -0.05) is 12.1 Å². The van der Waals surface area contributed by atoms with Gasteiger partial charge in [0.2, 0.25) is 0 Å². The molecule has 1 fully saturated rings. The fourth-order valence-corrected chi connectivity index (χ4v) is 3.01. The summed E-state index contributed by atoms with van der Waals surface area (Å²) in [5.41, 5.74) is 7.34. The molecule has 0 aromatic heterocycles. The lowest BCUT2D eigenvalue weighted by molar-refractivity contribution is 0.0166. The molecule has 4 nitrogen and oxygen atoms in total. The molecule has 1 aromatic carbocycles. The smallest absolute Gasteiger partial charge is 0.0718 e. The number of halogens is 1. The van der Waals surface area contributed by atoms with Gasteiger partial charge in [0.15, 0.2) is 0 Å². The molecule has 2 rings (SSSR count). The molecule has 1 heterocycles. The molecular weight excluding hydrogens is 318 g/mol. The highest BCUT2D eigenvalue weighted by Crippen LogP contribution is 2.25. The van der Waals surface area contributed by atoms with E-state index in [4.69, 9.17) is 5.73 Å². The van der Waals surface area contributed by atoms with Gasteiger partial charge in [-0.15, -0.1) is 0 Å². The van der Waals surface area contributed by atoms with Crippen molar-refractivity contribution >= 4 is 21.6 Å². The summed E-state index contributed by atoms with van der Waals surface area (Å²) in [5, 5.41) is 9.86. The van der Waals surface area contributed by atoms with Gasteiger partial charge in [-0.3, -0.25) is 9.80 Å². The second-order valence-corrected chi connectivity index (χ2v) is 6.98. The van der Waals surface area contributed by atoms with Gasteiger partial charge in [0, 0.05) is 49.4 Å². The summed E-state index contributed by atoms with van der Waals surface area (Å²) in [6.45, 7) is 9.44. The normalized spacial score (nSPS) is 18.4. The molecule has 0 unspecified atom stereocenters. The van der Waals surface area contributed by atoms with E-state index in [9.17, 15) is 5.11 Å². The van der Waals surface area contributed by atoms with E-state index in [0.29, 0.717) is 0 Å². The maximum atomic E-state index is 9.86. The molecule has 5 heteroatoms. The molecule has 0 radical (unpaired) electrons. The molecule has 20 heavy (non-hydrogen) atoms. The zero-order valence-electron chi connectivity index (χ0n) is 12.3. The van der Waals surface area contributed by atoms with Crippen LogP contribution >= 0.6 is 15.9 Å². The fraction of sp³-hybridized carbons (Fsp3) is 0.600. The van der Waals surface area contributed by atoms with Gasteiger partial charge in [-0.05, 0) is 41.4 Å². The number of piperazine rings is 1. The molecule has 0 aliphatic carbocycles. The first-order valence-corrected chi connectivity index (χ1v) is 7.84. The maximum Gasteiger partial charge on any atom is 0.0718 e. The summed E-state index contributed by atoms with van der Waals surface area (Å²) in [7, 11) is 0. The molecule has 1 saturated heterocycles. The quantitative estimate of drug-likeness (QED) is 0.821. The Balaban J connectivity index is 1.87. The lowest BCUT2D eigenvalue weighted by Gasteiger charge is -2.37. The van der Waals surface area contributed by atoms with Crippen LogP contribution in [-0.2, 0) is 6.54 Å². The monoisotopic (exact) mass is 341 g/mol. The minimum atomic E-state index is -0.612. The molecule has 112 valence electrons. The first-order chi connectivity index (χ1) is 9.35. The summed E-state index contributed by atoms with van der Waals surface area (Å²) in [6, 6.07) is 6.03. The van der Waals surface area contributed by atoms with E-state index in [2.05, 4.69) is 31.8 Å². The minimum absolute atomic E-state index is 0.612. The standard InChI is InChI=1S/C15H24BrN3O/c1-15(2,20)11-19-8-6-18(7-9-19)10-12-4-3-5-13(17)14(12)16/h3-5,20H,6-11,17H2,1-2H3. The first kappa shape index (κ1) is 15.8. The van der Waals surface area contributed by atoms with Crippen LogP contribution in [0.1, 0.15) is 19.4 Å². The molecule has 1 aromatic rings. The van der Waals surface area contributed by atoms with Crippen molar-refractivity contribution in [2.45, 2.75) is 26.0 Å². The Labute approximate surface area is 129 Å². The van der Waals surface area contributed by atoms with Crippen LogP contribution < -0.4 is 5.73 Å². The number of rotatable bonds is 4. The van der Waals surface area contributed by atoms with Crippen LogP contribution in [0.5, 0.6) is 0 Å². The van der Waals surface area contributed by atoms with Crippen molar-refractivity contribution in [3.63, 3.8) is 0 Å². The van der Waals surface area contributed by atoms with E-state index < -0.39 is 5.60 Å². The van der Waals surface area contributed by atoms with Gasteiger partial charge in [0.25, 0.3) is 0 Å². The highest BCUT2D eigenvalue weighted by molar-refractivity contribution is 9.10. The molecule has 0 atom stereocenters. The number of hydrogen-bond donors (Lipinski definition) is 2. The Hall–Kier alpha value is -0.620. The van der Waals surface area contributed by atoms with Gasteiger partial charge in [0.05, 0.1) is 5.60 Å². The number of anilines is 1. The van der Waals surface area contributed by atoms with Crippen molar-refractivity contribution in [3.8, 4) is 0 Å². The highest BCUT2D eigenvalue weighted by Gasteiger charge is 2.23. The van der Waals surface area contributed by atoms with Gasteiger partial charge in [0.1, 0.15) is 0 Å². The Bertz CT molecular complexity index is 451. The Morgan fingerprint density at radius 2 is 1.80 bits per heavy atom. The van der Waals surface area contributed by atoms with Crippen LogP contribution in [0, 0.1) is 0 Å². The lowest BCUT2D eigenvalue weighted by Crippen LogP contribution is -2.50. The van der Waals surface area contributed by atoms with Crippen molar-refractivity contribution in [1.82, 2.24) is 9.80 Å². The van der Waals surface area contributed by atoms with Crippen molar-refractivity contribution in [3.05, 3.63) is 28.2 Å². The van der Waals surface area contributed by atoms with E-state index in [1.165, 1.54) is 5.56 Å². The lowest BCUT2D eigenvalue weighted by atomic mass is 10.1. The van der Waals surface area contributed by atoms with Gasteiger partial charge < -0.3 is 10.8 Å². The predicted molar refractivity (Wildman–Crippen MR) is 86.6 cm³/mol. The van der Waals surface area contributed by atoms with Crippen molar-refractivity contribution in [1.29, 1.82) is 0 Å².